The summed E-state index contributed by atoms with van der Waals surface area (Å²) in [5.74, 6) is 0.731. The molecular formula is C18H21BrN6. The zero-order chi connectivity index (χ0) is 17.8. The summed E-state index contributed by atoms with van der Waals surface area (Å²) in [7, 11) is 4.08. The molecule has 0 aliphatic carbocycles. The van der Waals surface area contributed by atoms with Gasteiger partial charge < -0.3 is 21.3 Å². The molecule has 2 aromatic carbocycles. The van der Waals surface area contributed by atoms with Gasteiger partial charge in [0.05, 0.1) is 16.9 Å². The Morgan fingerprint density at radius 2 is 2.00 bits per heavy atom. The molecular weight excluding hydrogens is 380 g/mol. The van der Waals surface area contributed by atoms with Crippen molar-refractivity contribution in [3.05, 3.63) is 47.2 Å². The van der Waals surface area contributed by atoms with E-state index in [1.165, 1.54) is 0 Å². The van der Waals surface area contributed by atoms with Crippen LogP contribution < -0.4 is 16.4 Å². The molecule has 0 amide bonds. The lowest BCUT2D eigenvalue weighted by Gasteiger charge is -2.14. The summed E-state index contributed by atoms with van der Waals surface area (Å²) in [6.45, 7) is 1.74. The van der Waals surface area contributed by atoms with Crippen molar-refractivity contribution in [1.29, 1.82) is 0 Å². The molecule has 0 unspecified atom stereocenters. The van der Waals surface area contributed by atoms with Gasteiger partial charge in [-0.2, -0.15) is 0 Å². The third-order valence-corrected chi connectivity index (χ3v) is 4.26. The van der Waals surface area contributed by atoms with Crippen molar-refractivity contribution in [2.75, 3.05) is 43.6 Å². The lowest BCUT2D eigenvalue weighted by Crippen LogP contribution is -2.21. The number of aromatic nitrogens is 2. The Bertz CT molecular complexity index is 881. The first-order valence-corrected chi connectivity index (χ1v) is 8.77. The number of benzene rings is 2. The Balaban J connectivity index is 1.89. The molecule has 130 valence electrons. The molecule has 0 aliphatic rings. The maximum atomic E-state index is 6.22. The summed E-state index contributed by atoms with van der Waals surface area (Å²) in [5, 5.41) is 7.58. The monoisotopic (exact) mass is 400 g/mol. The number of nitrogen functional groups attached to an aromatic ring is 1. The number of hydrogen-bond acceptors (Lipinski definition) is 6. The van der Waals surface area contributed by atoms with Crippen molar-refractivity contribution >= 4 is 49.7 Å². The summed E-state index contributed by atoms with van der Waals surface area (Å²) in [4.78, 5) is 10.9. The van der Waals surface area contributed by atoms with E-state index < -0.39 is 0 Å². The highest BCUT2D eigenvalue weighted by atomic mass is 79.9. The van der Waals surface area contributed by atoms with Crippen LogP contribution in [-0.4, -0.2) is 42.1 Å². The molecule has 7 heteroatoms. The number of halogens is 1. The van der Waals surface area contributed by atoms with Gasteiger partial charge in [0.2, 0.25) is 0 Å². The van der Waals surface area contributed by atoms with Gasteiger partial charge in [-0.1, -0.05) is 22.0 Å². The molecule has 6 nitrogen and oxygen atoms in total. The molecule has 0 fully saturated rings. The second-order valence-corrected chi connectivity index (χ2v) is 6.96. The van der Waals surface area contributed by atoms with Crippen molar-refractivity contribution in [3.63, 3.8) is 0 Å². The highest BCUT2D eigenvalue weighted by molar-refractivity contribution is 9.10. The predicted octanol–water partition coefficient (Wildman–Crippen LogP) is 3.69. The molecule has 0 aliphatic heterocycles. The van der Waals surface area contributed by atoms with Crippen LogP contribution in [0.25, 0.3) is 10.9 Å². The summed E-state index contributed by atoms with van der Waals surface area (Å²) in [6, 6.07) is 11.8. The standard InChI is InChI=1S/C18H21BrN6/c1-25(2)7-6-21-17-10-16-14(9-15(17)20)18(23-11-22-16)24-13-5-3-4-12(19)8-13/h3-5,8-11,21H,6-7,20H2,1-2H3,(H,22,23,24). The number of nitrogens with two attached hydrogens (primary N) is 1. The number of hydrogen-bond donors (Lipinski definition) is 3. The maximum absolute atomic E-state index is 6.22. The normalized spacial score (nSPS) is 11.0. The van der Waals surface area contributed by atoms with Gasteiger partial charge in [0.25, 0.3) is 0 Å². The second-order valence-electron chi connectivity index (χ2n) is 6.04. The van der Waals surface area contributed by atoms with Gasteiger partial charge in [-0.05, 0) is 44.4 Å². The zero-order valence-corrected chi connectivity index (χ0v) is 15.8. The van der Waals surface area contributed by atoms with Crippen molar-refractivity contribution < 1.29 is 0 Å². The molecule has 1 heterocycles. The van der Waals surface area contributed by atoms with Gasteiger partial charge in [-0.25, -0.2) is 9.97 Å². The van der Waals surface area contributed by atoms with Crippen LogP contribution in [0.1, 0.15) is 0 Å². The number of likely N-dealkylation sites (N-methyl/N-ethyl adjacent to an activating group) is 1. The van der Waals surface area contributed by atoms with E-state index in [-0.39, 0.29) is 0 Å². The fourth-order valence-electron chi connectivity index (χ4n) is 2.49. The summed E-state index contributed by atoms with van der Waals surface area (Å²) >= 11 is 3.48. The molecule has 3 rings (SSSR count). The first kappa shape index (κ1) is 17.4. The molecule has 0 spiro atoms. The van der Waals surface area contributed by atoms with E-state index in [2.05, 4.69) is 41.4 Å². The topological polar surface area (TPSA) is 79.1 Å². The van der Waals surface area contributed by atoms with Gasteiger partial charge in [0.1, 0.15) is 12.1 Å². The highest BCUT2D eigenvalue weighted by Crippen LogP contribution is 2.30. The van der Waals surface area contributed by atoms with Crippen molar-refractivity contribution in [3.8, 4) is 0 Å². The van der Waals surface area contributed by atoms with Gasteiger partial charge >= 0.3 is 0 Å². The van der Waals surface area contributed by atoms with Crippen LogP contribution in [0.4, 0.5) is 22.9 Å². The van der Waals surface area contributed by atoms with Crippen LogP contribution in [0.3, 0.4) is 0 Å². The Morgan fingerprint density at radius 1 is 1.16 bits per heavy atom. The average Bonchev–Trinajstić information content (AvgIpc) is 2.56. The molecule has 0 radical (unpaired) electrons. The highest BCUT2D eigenvalue weighted by Gasteiger charge is 2.09. The zero-order valence-electron chi connectivity index (χ0n) is 14.3. The smallest absolute Gasteiger partial charge is 0.141 e. The van der Waals surface area contributed by atoms with Crippen LogP contribution >= 0.6 is 15.9 Å². The Kier molecular flexibility index (Phi) is 5.35. The number of nitrogens with zero attached hydrogens (tertiary/aromatic N) is 3. The minimum absolute atomic E-state index is 0.679. The van der Waals surface area contributed by atoms with Gasteiger partial charge in [-0.15, -0.1) is 0 Å². The molecule has 1 aromatic heterocycles. The third-order valence-electron chi connectivity index (χ3n) is 3.77. The second kappa shape index (κ2) is 7.67. The quantitative estimate of drug-likeness (QED) is 0.547. The van der Waals surface area contributed by atoms with E-state index in [0.717, 1.165) is 45.7 Å². The molecule has 25 heavy (non-hydrogen) atoms. The minimum Gasteiger partial charge on any atom is -0.397 e. The molecule has 4 N–H and O–H groups in total. The summed E-state index contributed by atoms with van der Waals surface area (Å²) in [6.07, 6.45) is 1.56. The number of anilines is 4. The predicted molar refractivity (Wildman–Crippen MR) is 108 cm³/mol. The molecule has 0 saturated carbocycles. The van der Waals surface area contributed by atoms with Crippen LogP contribution in [0.5, 0.6) is 0 Å². The average molecular weight is 401 g/mol. The molecule has 3 aromatic rings. The largest absolute Gasteiger partial charge is 0.397 e. The first-order valence-electron chi connectivity index (χ1n) is 7.98. The molecule has 0 saturated heterocycles. The fourth-order valence-corrected chi connectivity index (χ4v) is 2.89. The van der Waals surface area contributed by atoms with Crippen LogP contribution in [0, 0.1) is 0 Å². The Labute approximate surface area is 155 Å². The van der Waals surface area contributed by atoms with Crippen LogP contribution in [0.2, 0.25) is 0 Å². The van der Waals surface area contributed by atoms with E-state index in [1.807, 2.05) is 50.5 Å². The van der Waals surface area contributed by atoms with E-state index in [9.17, 15) is 0 Å². The third kappa shape index (κ3) is 4.37. The van der Waals surface area contributed by atoms with E-state index in [4.69, 9.17) is 5.73 Å². The summed E-state index contributed by atoms with van der Waals surface area (Å²) in [5.41, 5.74) is 9.58. The Hall–Kier alpha value is -2.38. The van der Waals surface area contributed by atoms with E-state index in [0.29, 0.717) is 5.69 Å². The van der Waals surface area contributed by atoms with Crippen LogP contribution in [0.15, 0.2) is 47.2 Å². The fraction of sp³-hybridized carbons (Fsp3) is 0.222. The van der Waals surface area contributed by atoms with Crippen molar-refractivity contribution in [2.45, 2.75) is 0 Å². The number of fused-ring (bicyclic) bond motifs is 1. The van der Waals surface area contributed by atoms with Gasteiger partial charge in [0, 0.05) is 28.6 Å². The van der Waals surface area contributed by atoms with Gasteiger partial charge in [0.15, 0.2) is 0 Å². The van der Waals surface area contributed by atoms with Gasteiger partial charge in [-0.3, -0.25) is 0 Å². The molecule has 0 atom stereocenters. The van der Waals surface area contributed by atoms with Crippen molar-refractivity contribution in [1.82, 2.24) is 14.9 Å². The SMILES string of the molecule is CN(C)CCNc1cc2ncnc(Nc3cccc(Br)c3)c2cc1N. The first-order chi connectivity index (χ1) is 12.0. The maximum Gasteiger partial charge on any atom is 0.141 e. The lowest BCUT2D eigenvalue weighted by atomic mass is 10.1. The minimum atomic E-state index is 0.679. The van der Waals surface area contributed by atoms with E-state index in [1.54, 1.807) is 6.33 Å². The molecule has 0 bridgehead atoms. The lowest BCUT2D eigenvalue weighted by molar-refractivity contribution is 0.425. The van der Waals surface area contributed by atoms with E-state index >= 15 is 0 Å². The number of nitrogens with one attached hydrogen (secondary N) is 2. The Morgan fingerprint density at radius 3 is 2.76 bits per heavy atom. The van der Waals surface area contributed by atoms with Crippen LogP contribution in [-0.2, 0) is 0 Å². The summed E-state index contributed by atoms with van der Waals surface area (Å²) < 4.78 is 1.00. The van der Waals surface area contributed by atoms with Crippen molar-refractivity contribution in [2.24, 2.45) is 0 Å². The number of rotatable bonds is 6.